The number of carbonyl (C=O) groups excluding carboxylic acids is 2. The zero-order valence-corrected chi connectivity index (χ0v) is 25.1. The minimum atomic E-state index is -3.67. The maximum absolute atomic E-state index is 13.8. The summed E-state index contributed by atoms with van der Waals surface area (Å²) in [5, 5.41) is 3.06. The largest absolute Gasteiger partial charge is 0.497 e. The zero-order chi connectivity index (χ0) is 29.8. The summed E-state index contributed by atoms with van der Waals surface area (Å²) in [5.41, 5.74) is 1.77. The standard InChI is InChI=1S/C32H41N3O5S/c1-5-25(2)33-32(37)30(23-26-14-8-6-9-15-26)35(24-27-16-12-17-28(22-27)40-4)31(36)20-13-21-34(3)41(38,39)29-18-10-7-11-19-29/h6-12,14-19,22,25,30H,5,13,20-21,23-24H2,1-4H3,(H,33,37)/t25-,30+/m1/s1. The molecule has 0 fully saturated rings. The van der Waals surface area contributed by atoms with Gasteiger partial charge in [0.1, 0.15) is 11.8 Å². The van der Waals surface area contributed by atoms with Gasteiger partial charge in [-0.25, -0.2) is 12.7 Å². The van der Waals surface area contributed by atoms with Crippen LogP contribution in [0.2, 0.25) is 0 Å². The lowest BCUT2D eigenvalue weighted by Gasteiger charge is -2.32. The third kappa shape index (κ3) is 9.16. The van der Waals surface area contributed by atoms with Gasteiger partial charge in [0.2, 0.25) is 21.8 Å². The third-order valence-corrected chi connectivity index (χ3v) is 8.95. The van der Waals surface area contributed by atoms with Crippen molar-refractivity contribution < 1.29 is 22.7 Å². The number of methoxy groups -OCH3 is 1. The summed E-state index contributed by atoms with van der Waals surface area (Å²) in [4.78, 5) is 29.3. The predicted molar refractivity (Wildman–Crippen MR) is 161 cm³/mol. The highest BCUT2D eigenvalue weighted by Gasteiger charge is 2.31. The van der Waals surface area contributed by atoms with Gasteiger partial charge in [-0.05, 0) is 55.2 Å². The van der Waals surface area contributed by atoms with Crippen LogP contribution in [0.25, 0.3) is 0 Å². The SMILES string of the molecule is CC[C@@H](C)NC(=O)[C@H](Cc1ccccc1)N(Cc1cccc(OC)c1)C(=O)CCCN(C)S(=O)(=O)c1ccccc1. The van der Waals surface area contributed by atoms with Crippen LogP contribution in [0.5, 0.6) is 5.75 Å². The van der Waals surface area contributed by atoms with E-state index in [0.717, 1.165) is 17.5 Å². The summed E-state index contributed by atoms with van der Waals surface area (Å²) >= 11 is 0. The van der Waals surface area contributed by atoms with E-state index < -0.39 is 16.1 Å². The summed E-state index contributed by atoms with van der Waals surface area (Å²) < 4.78 is 32.5. The molecule has 0 aromatic heterocycles. The van der Waals surface area contributed by atoms with Crippen LogP contribution in [-0.4, -0.2) is 62.2 Å². The van der Waals surface area contributed by atoms with Crippen molar-refractivity contribution in [2.45, 2.75) is 63.1 Å². The predicted octanol–water partition coefficient (Wildman–Crippen LogP) is 4.65. The molecule has 0 aliphatic rings. The molecule has 0 heterocycles. The van der Waals surface area contributed by atoms with Gasteiger partial charge in [0, 0.05) is 39.0 Å². The van der Waals surface area contributed by atoms with Gasteiger partial charge in [0.05, 0.1) is 12.0 Å². The van der Waals surface area contributed by atoms with Gasteiger partial charge in [0.25, 0.3) is 0 Å². The van der Waals surface area contributed by atoms with Crippen molar-refractivity contribution in [1.29, 1.82) is 0 Å². The number of hydrogen-bond donors (Lipinski definition) is 1. The Morgan fingerprint density at radius 1 is 0.927 bits per heavy atom. The third-order valence-electron chi connectivity index (χ3n) is 7.07. The Bertz CT molecular complexity index is 1370. The van der Waals surface area contributed by atoms with Crippen molar-refractivity contribution in [3.63, 3.8) is 0 Å². The minimum absolute atomic E-state index is 0.0496. The van der Waals surface area contributed by atoms with E-state index in [0.29, 0.717) is 18.6 Å². The molecule has 3 rings (SSSR count). The molecule has 3 aromatic rings. The topological polar surface area (TPSA) is 96.0 Å². The summed E-state index contributed by atoms with van der Waals surface area (Å²) in [5.74, 6) is 0.216. The number of benzene rings is 3. The van der Waals surface area contributed by atoms with E-state index in [1.54, 1.807) is 42.3 Å². The van der Waals surface area contributed by atoms with E-state index in [1.807, 2.05) is 68.4 Å². The molecule has 0 saturated heterocycles. The number of sulfonamides is 1. The van der Waals surface area contributed by atoms with Crippen molar-refractivity contribution in [1.82, 2.24) is 14.5 Å². The van der Waals surface area contributed by atoms with Crippen molar-refractivity contribution >= 4 is 21.8 Å². The number of nitrogens with one attached hydrogen (secondary N) is 1. The molecule has 0 radical (unpaired) electrons. The molecule has 2 atom stereocenters. The van der Waals surface area contributed by atoms with Gasteiger partial charge in [-0.2, -0.15) is 0 Å². The van der Waals surface area contributed by atoms with E-state index in [1.165, 1.54) is 11.4 Å². The first-order chi connectivity index (χ1) is 19.6. The number of nitrogens with zero attached hydrogens (tertiary/aromatic N) is 2. The number of rotatable bonds is 15. The summed E-state index contributed by atoms with van der Waals surface area (Å²) in [6.07, 6.45) is 1.50. The molecule has 0 spiro atoms. The molecule has 1 N–H and O–H groups in total. The minimum Gasteiger partial charge on any atom is -0.497 e. The molecule has 0 aliphatic heterocycles. The second kappa shape index (κ2) is 15.3. The lowest BCUT2D eigenvalue weighted by atomic mass is 10.0. The fourth-order valence-electron chi connectivity index (χ4n) is 4.45. The van der Waals surface area contributed by atoms with Crippen LogP contribution in [0.4, 0.5) is 0 Å². The summed E-state index contributed by atoms with van der Waals surface area (Å²) in [7, 11) is -0.574. The van der Waals surface area contributed by atoms with Crippen LogP contribution < -0.4 is 10.1 Å². The maximum Gasteiger partial charge on any atom is 0.243 e. The number of carbonyl (C=O) groups is 2. The fourth-order valence-corrected chi connectivity index (χ4v) is 5.68. The molecular formula is C32H41N3O5S. The van der Waals surface area contributed by atoms with Crippen LogP contribution in [0, 0.1) is 0 Å². The van der Waals surface area contributed by atoms with Crippen LogP contribution >= 0.6 is 0 Å². The van der Waals surface area contributed by atoms with E-state index in [4.69, 9.17) is 4.74 Å². The lowest BCUT2D eigenvalue weighted by molar-refractivity contribution is -0.141. The van der Waals surface area contributed by atoms with Gasteiger partial charge in [-0.3, -0.25) is 9.59 Å². The van der Waals surface area contributed by atoms with Gasteiger partial charge in [-0.1, -0.05) is 67.6 Å². The molecule has 2 amide bonds. The van der Waals surface area contributed by atoms with Crippen molar-refractivity contribution in [3.8, 4) is 5.75 Å². The molecule has 220 valence electrons. The first kappa shape index (κ1) is 31.8. The Labute approximate surface area is 244 Å². The summed E-state index contributed by atoms with van der Waals surface area (Å²) in [6, 6.07) is 24.5. The number of amides is 2. The normalized spacial score (nSPS) is 12.9. The highest BCUT2D eigenvalue weighted by molar-refractivity contribution is 7.89. The highest BCUT2D eigenvalue weighted by atomic mass is 32.2. The fraction of sp³-hybridized carbons (Fsp3) is 0.375. The van der Waals surface area contributed by atoms with E-state index in [9.17, 15) is 18.0 Å². The lowest BCUT2D eigenvalue weighted by Crippen LogP contribution is -2.52. The Hall–Kier alpha value is -3.69. The molecule has 0 bridgehead atoms. The molecule has 0 saturated carbocycles. The molecule has 41 heavy (non-hydrogen) atoms. The van der Waals surface area contributed by atoms with Crippen LogP contribution in [0.3, 0.4) is 0 Å². The smallest absolute Gasteiger partial charge is 0.243 e. The van der Waals surface area contributed by atoms with Crippen LogP contribution in [0.15, 0.2) is 89.8 Å². The molecule has 0 unspecified atom stereocenters. The first-order valence-corrected chi connectivity index (χ1v) is 15.4. The number of ether oxygens (including phenoxy) is 1. The number of hydrogen-bond acceptors (Lipinski definition) is 5. The second-order valence-electron chi connectivity index (χ2n) is 10.1. The van der Waals surface area contributed by atoms with Crippen molar-refractivity contribution in [2.24, 2.45) is 0 Å². The Kier molecular flexibility index (Phi) is 11.9. The monoisotopic (exact) mass is 579 g/mol. The van der Waals surface area contributed by atoms with E-state index >= 15 is 0 Å². The molecule has 3 aromatic carbocycles. The van der Waals surface area contributed by atoms with Gasteiger partial charge < -0.3 is 15.0 Å². The summed E-state index contributed by atoms with van der Waals surface area (Å²) in [6.45, 7) is 4.31. The zero-order valence-electron chi connectivity index (χ0n) is 24.3. The average Bonchev–Trinajstić information content (AvgIpc) is 2.99. The Balaban J connectivity index is 1.85. The second-order valence-corrected chi connectivity index (χ2v) is 12.2. The quantitative estimate of drug-likeness (QED) is 0.283. The molecular weight excluding hydrogens is 538 g/mol. The van der Waals surface area contributed by atoms with Gasteiger partial charge >= 0.3 is 0 Å². The maximum atomic E-state index is 13.8. The van der Waals surface area contributed by atoms with Gasteiger partial charge in [-0.15, -0.1) is 0 Å². The highest BCUT2D eigenvalue weighted by Crippen LogP contribution is 2.20. The van der Waals surface area contributed by atoms with Crippen LogP contribution in [-0.2, 0) is 32.6 Å². The Morgan fingerprint density at radius 2 is 1.56 bits per heavy atom. The molecule has 9 heteroatoms. The average molecular weight is 580 g/mol. The van der Waals surface area contributed by atoms with Gasteiger partial charge in [0.15, 0.2) is 0 Å². The molecule has 8 nitrogen and oxygen atoms in total. The Morgan fingerprint density at radius 3 is 2.20 bits per heavy atom. The van der Waals surface area contributed by atoms with E-state index in [-0.39, 0.29) is 42.3 Å². The first-order valence-electron chi connectivity index (χ1n) is 13.9. The van der Waals surface area contributed by atoms with Crippen LogP contribution in [0.1, 0.15) is 44.2 Å². The molecule has 0 aliphatic carbocycles. The van der Waals surface area contributed by atoms with Crippen molar-refractivity contribution in [3.05, 3.63) is 96.1 Å². The van der Waals surface area contributed by atoms with E-state index in [2.05, 4.69) is 5.32 Å². The van der Waals surface area contributed by atoms with Crippen molar-refractivity contribution in [2.75, 3.05) is 20.7 Å².